The summed E-state index contributed by atoms with van der Waals surface area (Å²) in [6, 6.07) is 2.67. The van der Waals surface area contributed by atoms with Gasteiger partial charge in [-0.15, -0.1) is 0 Å². The molecule has 90 valence electrons. The lowest BCUT2D eigenvalue weighted by molar-refractivity contribution is 0.167. The minimum absolute atomic E-state index is 0.455. The third-order valence-corrected chi connectivity index (χ3v) is 3.42. The van der Waals surface area contributed by atoms with Crippen molar-refractivity contribution in [1.82, 2.24) is 10.1 Å². The Morgan fingerprint density at radius 3 is 2.81 bits per heavy atom. The Morgan fingerprint density at radius 1 is 1.44 bits per heavy atom. The highest BCUT2D eigenvalue weighted by molar-refractivity contribution is 5.04. The zero-order chi connectivity index (χ0) is 11.4. The van der Waals surface area contributed by atoms with Crippen LogP contribution in [0.5, 0.6) is 0 Å². The second-order valence-electron chi connectivity index (χ2n) is 4.70. The van der Waals surface area contributed by atoms with Crippen molar-refractivity contribution in [3.8, 4) is 0 Å². The number of nitrogens with two attached hydrogens (primary N) is 1. The Morgan fingerprint density at radius 2 is 2.19 bits per heavy atom. The van der Waals surface area contributed by atoms with Crippen LogP contribution in [0.3, 0.4) is 0 Å². The quantitative estimate of drug-likeness (QED) is 0.847. The number of nitrogens with zero attached hydrogens (tertiary/aromatic N) is 2. The van der Waals surface area contributed by atoms with Crippen LogP contribution in [-0.4, -0.2) is 23.1 Å². The summed E-state index contributed by atoms with van der Waals surface area (Å²) in [4.78, 5) is 2.37. The summed E-state index contributed by atoms with van der Waals surface area (Å²) >= 11 is 0. The van der Waals surface area contributed by atoms with Crippen molar-refractivity contribution in [3.05, 3.63) is 17.5 Å². The Hall–Kier alpha value is -0.870. The summed E-state index contributed by atoms with van der Waals surface area (Å²) in [7, 11) is 2.17. The number of hydrogen-bond acceptors (Lipinski definition) is 4. The Labute approximate surface area is 96.8 Å². The van der Waals surface area contributed by atoms with Gasteiger partial charge in [0.15, 0.2) is 5.76 Å². The average molecular weight is 223 g/mol. The van der Waals surface area contributed by atoms with Gasteiger partial charge >= 0.3 is 0 Å². The summed E-state index contributed by atoms with van der Waals surface area (Å²) in [5.41, 5.74) is 6.34. The number of hydrogen-bond donors (Lipinski definition) is 1. The minimum Gasteiger partial charge on any atom is -0.360 e. The molecule has 4 nitrogen and oxygen atoms in total. The molecule has 0 amide bonds. The molecule has 2 rings (SSSR count). The average Bonchev–Trinajstić information content (AvgIpc) is 2.78. The highest BCUT2D eigenvalue weighted by Crippen LogP contribution is 2.22. The second kappa shape index (κ2) is 5.46. The van der Waals surface area contributed by atoms with Gasteiger partial charge < -0.3 is 10.3 Å². The van der Waals surface area contributed by atoms with Crippen LogP contribution in [0.2, 0.25) is 0 Å². The van der Waals surface area contributed by atoms with E-state index in [1.807, 2.05) is 6.07 Å². The van der Waals surface area contributed by atoms with E-state index in [4.69, 9.17) is 10.3 Å². The van der Waals surface area contributed by atoms with E-state index in [9.17, 15) is 0 Å². The standard InChI is InChI=1S/C12H21N3O/c1-15(11-5-3-2-4-6-11)9-12-7-10(8-13)14-16-12/h7,11H,2-6,8-9,13H2,1H3. The third-order valence-electron chi connectivity index (χ3n) is 3.42. The SMILES string of the molecule is CN(Cc1cc(CN)no1)C1CCCCC1. The number of aromatic nitrogens is 1. The lowest BCUT2D eigenvalue weighted by atomic mass is 9.94. The van der Waals surface area contributed by atoms with E-state index in [0.717, 1.165) is 18.0 Å². The number of rotatable bonds is 4. The van der Waals surface area contributed by atoms with Gasteiger partial charge in [0, 0.05) is 18.7 Å². The molecule has 0 unspecified atom stereocenters. The van der Waals surface area contributed by atoms with E-state index in [1.54, 1.807) is 0 Å². The van der Waals surface area contributed by atoms with Crippen LogP contribution in [0.25, 0.3) is 0 Å². The van der Waals surface area contributed by atoms with Gasteiger partial charge in [-0.2, -0.15) is 0 Å². The van der Waals surface area contributed by atoms with E-state index >= 15 is 0 Å². The molecule has 0 spiro atoms. The first-order chi connectivity index (χ1) is 7.79. The molecule has 0 aromatic carbocycles. The van der Waals surface area contributed by atoms with Crippen molar-refractivity contribution < 1.29 is 4.52 Å². The van der Waals surface area contributed by atoms with E-state index in [1.165, 1.54) is 32.1 Å². The second-order valence-corrected chi connectivity index (χ2v) is 4.70. The molecule has 1 aliphatic carbocycles. The topological polar surface area (TPSA) is 55.3 Å². The predicted octanol–water partition coefficient (Wildman–Crippen LogP) is 1.90. The first kappa shape index (κ1) is 11.6. The molecule has 1 aromatic heterocycles. The summed E-state index contributed by atoms with van der Waals surface area (Å²) in [6.07, 6.45) is 6.74. The molecule has 0 radical (unpaired) electrons. The van der Waals surface area contributed by atoms with Crippen LogP contribution < -0.4 is 5.73 Å². The summed E-state index contributed by atoms with van der Waals surface area (Å²) in [6.45, 7) is 1.30. The highest BCUT2D eigenvalue weighted by atomic mass is 16.5. The molecule has 2 N–H and O–H groups in total. The van der Waals surface area contributed by atoms with Crippen molar-refractivity contribution >= 4 is 0 Å². The van der Waals surface area contributed by atoms with Crippen LogP contribution in [0.4, 0.5) is 0 Å². The zero-order valence-corrected chi connectivity index (χ0v) is 9.98. The van der Waals surface area contributed by atoms with Crippen molar-refractivity contribution in [2.75, 3.05) is 7.05 Å². The van der Waals surface area contributed by atoms with Crippen molar-refractivity contribution in [1.29, 1.82) is 0 Å². The third kappa shape index (κ3) is 2.83. The molecule has 0 saturated heterocycles. The predicted molar refractivity (Wildman–Crippen MR) is 62.7 cm³/mol. The van der Waals surface area contributed by atoms with E-state index in [0.29, 0.717) is 12.6 Å². The van der Waals surface area contributed by atoms with Gasteiger partial charge in [0.25, 0.3) is 0 Å². The molecular weight excluding hydrogens is 202 g/mol. The largest absolute Gasteiger partial charge is 0.360 e. The van der Waals surface area contributed by atoms with Gasteiger partial charge in [-0.3, -0.25) is 4.90 Å². The Balaban J connectivity index is 1.87. The molecule has 0 atom stereocenters. The van der Waals surface area contributed by atoms with Crippen LogP contribution in [0.15, 0.2) is 10.6 Å². The zero-order valence-electron chi connectivity index (χ0n) is 9.98. The molecule has 4 heteroatoms. The van der Waals surface area contributed by atoms with E-state index in [2.05, 4.69) is 17.1 Å². The summed E-state index contributed by atoms with van der Waals surface area (Å²) in [5.74, 6) is 0.925. The fourth-order valence-corrected chi connectivity index (χ4v) is 2.42. The molecule has 1 saturated carbocycles. The Kier molecular flexibility index (Phi) is 3.96. The summed E-state index contributed by atoms with van der Waals surface area (Å²) < 4.78 is 5.25. The first-order valence-corrected chi connectivity index (χ1v) is 6.14. The molecule has 0 aliphatic heterocycles. The maximum Gasteiger partial charge on any atom is 0.151 e. The van der Waals surface area contributed by atoms with Gasteiger partial charge in [-0.1, -0.05) is 24.4 Å². The maximum absolute atomic E-state index is 5.50. The lowest BCUT2D eigenvalue weighted by Gasteiger charge is -2.30. The molecule has 1 heterocycles. The molecular formula is C12H21N3O. The molecule has 1 fully saturated rings. The smallest absolute Gasteiger partial charge is 0.151 e. The van der Waals surface area contributed by atoms with Crippen LogP contribution >= 0.6 is 0 Å². The molecule has 0 bridgehead atoms. The normalized spacial score (nSPS) is 18.2. The first-order valence-electron chi connectivity index (χ1n) is 6.14. The molecule has 16 heavy (non-hydrogen) atoms. The van der Waals surface area contributed by atoms with Crippen LogP contribution in [-0.2, 0) is 13.1 Å². The van der Waals surface area contributed by atoms with E-state index in [-0.39, 0.29) is 0 Å². The van der Waals surface area contributed by atoms with Gasteiger partial charge in [0.1, 0.15) is 0 Å². The van der Waals surface area contributed by atoms with Crippen molar-refractivity contribution in [3.63, 3.8) is 0 Å². The van der Waals surface area contributed by atoms with Gasteiger partial charge in [-0.05, 0) is 19.9 Å². The van der Waals surface area contributed by atoms with Crippen LogP contribution in [0.1, 0.15) is 43.6 Å². The van der Waals surface area contributed by atoms with Gasteiger partial charge in [0.05, 0.1) is 12.2 Å². The van der Waals surface area contributed by atoms with Crippen LogP contribution in [0, 0.1) is 0 Å². The Bertz CT molecular complexity index is 318. The fraction of sp³-hybridized carbons (Fsp3) is 0.750. The maximum atomic E-state index is 5.50. The monoisotopic (exact) mass is 223 g/mol. The van der Waals surface area contributed by atoms with Crippen molar-refractivity contribution in [2.45, 2.75) is 51.2 Å². The van der Waals surface area contributed by atoms with Gasteiger partial charge in [0.2, 0.25) is 0 Å². The van der Waals surface area contributed by atoms with Gasteiger partial charge in [-0.25, -0.2) is 0 Å². The molecule has 1 aliphatic rings. The molecule has 1 aromatic rings. The van der Waals surface area contributed by atoms with E-state index < -0.39 is 0 Å². The minimum atomic E-state index is 0.455. The fourth-order valence-electron chi connectivity index (χ4n) is 2.42. The highest BCUT2D eigenvalue weighted by Gasteiger charge is 2.19. The summed E-state index contributed by atoms with van der Waals surface area (Å²) in [5, 5.41) is 3.91. The van der Waals surface area contributed by atoms with Crippen molar-refractivity contribution in [2.24, 2.45) is 5.73 Å². The lowest BCUT2D eigenvalue weighted by Crippen LogP contribution is -2.32.